The Labute approximate surface area is 173 Å². The van der Waals surface area contributed by atoms with Crippen LogP contribution in [0.25, 0.3) is 0 Å². The van der Waals surface area contributed by atoms with Crippen molar-refractivity contribution in [3.63, 3.8) is 0 Å². The van der Waals surface area contributed by atoms with Gasteiger partial charge in [0.15, 0.2) is 0 Å². The topological polar surface area (TPSA) is 32.3 Å². The number of anilines is 1. The average molecular weight is 387 g/mol. The minimum absolute atomic E-state index is 0.234. The Morgan fingerprint density at radius 1 is 0.931 bits per heavy atom. The molecule has 3 heteroatoms. The van der Waals surface area contributed by atoms with E-state index in [4.69, 9.17) is 0 Å². The van der Waals surface area contributed by atoms with Gasteiger partial charge in [-0.3, -0.25) is 4.79 Å². The number of benzene rings is 2. The molecule has 0 spiro atoms. The largest absolute Gasteiger partial charge is 0.378 e. The van der Waals surface area contributed by atoms with Gasteiger partial charge in [-0.15, -0.1) is 0 Å². The molecule has 2 saturated carbocycles. The maximum atomic E-state index is 13.1. The molecule has 29 heavy (non-hydrogen) atoms. The first-order chi connectivity index (χ1) is 14.3. The Bertz CT molecular complexity index is 918. The maximum absolute atomic E-state index is 13.1. The van der Waals surface area contributed by atoms with Gasteiger partial charge in [-0.2, -0.15) is 0 Å². The molecule has 1 saturated heterocycles. The fraction of sp³-hybridized carbons (Fsp3) is 0.500. The molecule has 0 aromatic heterocycles. The quantitative estimate of drug-likeness (QED) is 0.728. The number of nitrogens with zero attached hydrogens (tertiary/aromatic N) is 1. The number of carbonyl (C=O) groups excluding carboxylic acids is 1. The van der Waals surface area contributed by atoms with E-state index in [2.05, 4.69) is 58.7 Å². The molecule has 3 fully saturated rings. The van der Waals surface area contributed by atoms with Crippen molar-refractivity contribution < 1.29 is 4.79 Å². The second kappa shape index (κ2) is 6.90. The summed E-state index contributed by atoms with van der Waals surface area (Å²) in [7, 11) is 0. The fourth-order valence-electron chi connectivity index (χ4n) is 6.89. The van der Waals surface area contributed by atoms with Crippen LogP contribution in [0.15, 0.2) is 48.5 Å². The number of fused-ring (bicyclic) bond motifs is 7. The molecule has 5 atom stereocenters. The van der Waals surface area contributed by atoms with E-state index in [1.807, 2.05) is 0 Å². The lowest BCUT2D eigenvalue weighted by Gasteiger charge is -2.43. The van der Waals surface area contributed by atoms with Crippen molar-refractivity contribution in [2.75, 3.05) is 18.4 Å². The Morgan fingerprint density at radius 2 is 1.72 bits per heavy atom. The first-order valence-corrected chi connectivity index (χ1v) is 11.5. The van der Waals surface area contributed by atoms with E-state index in [1.165, 1.54) is 42.5 Å². The maximum Gasteiger partial charge on any atom is 0.253 e. The molecular formula is C26H30N2O. The van der Waals surface area contributed by atoms with Crippen molar-refractivity contribution in [2.24, 2.45) is 17.8 Å². The van der Waals surface area contributed by atoms with Crippen molar-refractivity contribution in [1.29, 1.82) is 0 Å². The number of nitrogens with one attached hydrogen (secondary N) is 1. The van der Waals surface area contributed by atoms with Crippen molar-refractivity contribution >= 4 is 11.6 Å². The van der Waals surface area contributed by atoms with E-state index in [1.54, 1.807) is 0 Å². The number of amides is 1. The molecule has 2 bridgehead atoms. The summed E-state index contributed by atoms with van der Waals surface area (Å²) < 4.78 is 0. The number of rotatable bonds is 2. The molecule has 2 heterocycles. The summed E-state index contributed by atoms with van der Waals surface area (Å²) in [4.78, 5) is 15.2. The van der Waals surface area contributed by atoms with Gasteiger partial charge in [0.1, 0.15) is 0 Å². The normalized spacial score (nSPS) is 32.4. The molecule has 2 aromatic rings. The van der Waals surface area contributed by atoms with E-state index in [9.17, 15) is 4.79 Å². The van der Waals surface area contributed by atoms with Gasteiger partial charge in [0, 0.05) is 24.3 Å². The van der Waals surface area contributed by atoms with Crippen molar-refractivity contribution in [3.8, 4) is 0 Å². The first-order valence-electron chi connectivity index (χ1n) is 11.5. The molecule has 1 N–H and O–H groups in total. The van der Waals surface area contributed by atoms with Crippen LogP contribution in [0.3, 0.4) is 0 Å². The minimum atomic E-state index is 0.234. The predicted octanol–water partition coefficient (Wildman–Crippen LogP) is 5.61. The summed E-state index contributed by atoms with van der Waals surface area (Å²) in [6.07, 6.45) is 7.64. The lowest BCUT2D eigenvalue weighted by molar-refractivity contribution is 0.0724. The summed E-state index contributed by atoms with van der Waals surface area (Å²) in [5, 5.41) is 3.89. The van der Waals surface area contributed by atoms with Crippen LogP contribution in [0, 0.1) is 17.8 Å². The first kappa shape index (κ1) is 17.6. The van der Waals surface area contributed by atoms with Crippen LogP contribution in [0.2, 0.25) is 0 Å². The smallest absolute Gasteiger partial charge is 0.253 e. The van der Waals surface area contributed by atoms with Crippen LogP contribution in [-0.4, -0.2) is 23.9 Å². The van der Waals surface area contributed by atoms with Gasteiger partial charge < -0.3 is 10.2 Å². The Hall–Kier alpha value is -2.29. The molecule has 6 rings (SSSR count). The standard InChI is InChI=1S/C26H30N2O/c29-26(28-13-5-2-6-14-28)20-11-12-22-21(16-20)23-18-9-10-19(15-18)24(23)25(27-22)17-7-3-1-4-8-17/h1,3-4,7-8,11-12,16,18-19,23-25,27H,2,5-6,9-10,13-15H2/t18-,19-,23-,24-,25-/m0/s1. The van der Waals surface area contributed by atoms with Crippen LogP contribution in [0.5, 0.6) is 0 Å². The highest BCUT2D eigenvalue weighted by Crippen LogP contribution is 2.63. The molecule has 1 amide bonds. The van der Waals surface area contributed by atoms with Crippen molar-refractivity contribution in [1.82, 2.24) is 4.90 Å². The summed E-state index contributed by atoms with van der Waals surface area (Å²) >= 11 is 0. The molecule has 150 valence electrons. The number of likely N-dealkylation sites (tertiary alicyclic amines) is 1. The van der Waals surface area contributed by atoms with Gasteiger partial charge >= 0.3 is 0 Å². The van der Waals surface area contributed by atoms with Gasteiger partial charge in [0.2, 0.25) is 0 Å². The SMILES string of the molecule is O=C(c1ccc2c(c1)[C@@H]1[C@H]3CC[C@@H](C3)[C@@H]1[C@H](c1ccccc1)N2)N1CCCCC1. The zero-order chi connectivity index (χ0) is 19.4. The van der Waals surface area contributed by atoms with E-state index in [-0.39, 0.29) is 5.91 Å². The second-order valence-electron chi connectivity index (χ2n) is 9.62. The average Bonchev–Trinajstić information content (AvgIpc) is 3.42. The summed E-state index contributed by atoms with van der Waals surface area (Å²) in [6.45, 7) is 1.84. The number of carbonyl (C=O) groups is 1. The van der Waals surface area contributed by atoms with Gasteiger partial charge in [0.25, 0.3) is 5.91 Å². The molecule has 2 aliphatic carbocycles. The minimum Gasteiger partial charge on any atom is -0.378 e. The molecule has 2 aliphatic heterocycles. The lowest BCUT2D eigenvalue weighted by atomic mass is 9.68. The third kappa shape index (κ3) is 2.81. The Balaban J connectivity index is 1.38. The van der Waals surface area contributed by atoms with Crippen LogP contribution in [0.1, 0.15) is 72.0 Å². The third-order valence-electron chi connectivity index (χ3n) is 8.14. The fourth-order valence-corrected chi connectivity index (χ4v) is 6.89. The highest BCUT2D eigenvalue weighted by Gasteiger charge is 2.53. The van der Waals surface area contributed by atoms with E-state index < -0.39 is 0 Å². The molecular weight excluding hydrogens is 356 g/mol. The lowest BCUT2D eigenvalue weighted by Crippen LogP contribution is -2.37. The van der Waals surface area contributed by atoms with Crippen LogP contribution in [-0.2, 0) is 0 Å². The molecule has 2 aromatic carbocycles. The van der Waals surface area contributed by atoms with Gasteiger partial charge in [-0.1, -0.05) is 30.3 Å². The van der Waals surface area contributed by atoms with Crippen LogP contribution in [0.4, 0.5) is 5.69 Å². The molecule has 4 aliphatic rings. The number of hydrogen-bond donors (Lipinski definition) is 1. The zero-order valence-corrected chi connectivity index (χ0v) is 17.0. The van der Waals surface area contributed by atoms with E-state index in [0.29, 0.717) is 17.9 Å². The highest BCUT2D eigenvalue weighted by molar-refractivity contribution is 5.95. The second-order valence-corrected chi connectivity index (χ2v) is 9.62. The van der Waals surface area contributed by atoms with E-state index >= 15 is 0 Å². The van der Waals surface area contributed by atoms with Gasteiger partial charge in [-0.05, 0) is 91.5 Å². The van der Waals surface area contributed by atoms with Crippen molar-refractivity contribution in [3.05, 3.63) is 65.2 Å². The molecule has 0 radical (unpaired) electrons. The number of piperidine rings is 1. The summed E-state index contributed by atoms with van der Waals surface area (Å²) in [5.41, 5.74) is 4.97. The van der Waals surface area contributed by atoms with E-state index in [0.717, 1.165) is 43.3 Å². The summed E-state index contributed by atoms with van der Waals surface area (Å²) in [6, 6.07) is 17.9. The van der Waals surface area contributed by atoms with Crippen LogP contribution >= 0.6 is 0 Å². The van der Waals surface area contributed by atoms with Gasteiger partial charge in [0.05, 0.1) is 6.04 Å². The zero-order valence-electron chi connectivity index (χ0n) is 17.0. The Morgan fingerprint density at radius 3 is 2.55 bits per heavy atom. The van der Waals surface area contributed by atoms with Crippen molar-refractivity contribution in [2.45, 2.75) is 50.5 Å². The highest BCUT2D eigenvalue weighted by atomic mass is 16.2. The predicted molar refractivity (Wildman–Crippen MR) is 116 cm³/mol. The molecule has 3 nitrogen and oxygen atoms in total. The number of hydrogen-bond acceptors (Lipinski definition) is 2. The van der Waals surface area contributed by atoms with Gasteiger partial charge in [-0.25, -0.2) is 0 Å². The molecule has 0 unspecified atom stereocenters. The summed E-state index contributed by atoms with van der Waals surface area (Å²) in [5.74, 6) is 3.10. The third-order valence-corrected chi connectivity index (χ3v) is 8.14. The van der Waals surface area contributed by atoms with Crippen LogP contribution < -0.4 is 5.32 Å². The monoisotopic (exact) mass is 386 g/mol. The Kier molecular flexibility index (Phi) is 4.18.